The summed E-state index contributed by atoms with van der Waals surface area (Å²) in [7, 11) is 0. The number of hydrogen-bond donors (Lipinski definition) is 0. The van der Waals surface area contributed by atoms with Crippen molar-refractivity contribution in [3.8, 4) is 11.1 Å². The summed E-state index contributed by atoms with van der Waals surface area (Å²) in [6.45, 7) is 5.28. The van der Waals surface area contributed by atoms with E-state index in [1.165, 1.54) is 5.56 Å². The van der Waals surface area contributed by atoms with Crippen LogP contribution >= 0.6 is 0 Å². The van der Waals surface area contributed by atoms with Crippen molar-refractivity contribution < 1.29 is 0 Å². The summed E-state index contributed by atoms with van der Waals surface area (Å²) in [5.41, 5.74) is 3.05. The maximum Gasteiger partial charge on any atom is 0.274 e. The molecule has 0 spiro atoms. The Morgan fingerprint density at radius 2 is 1.61 bits per heavy atom. The molecule has 3 aromatic rings. The molecule has 0 radical (unpaired) electrons. The average Bonchev–Trinajstić information content (AvgIpc) is 2.75. The van der Waals surface area contributed by atoms with Gasteiger partial charge in [-0.3, -0.25) is 9.69 Å². The van der Waals surface area contributed by atoms with Crippen molar-refractivity contribution in [2.45, 2.75) is 32.4 Å². The Hall–Kier alpha value is -2.72. The second kappa shape index (κ2) is 8.53. The first kappa shape index (κ1) is 18.6. The fraction of sp³-hybridized carbons (Fsp3) is 0.333. The molecule has 1 saturated heterocycles. The van der Waals surface area contributed by atoms with Crippen LogP contribution in [0.3, 0.4) is 0 Å². The first-order chi connectivity index (χ1) is 13.7. The molecule has 0 aliphatic carbocycles. The van der Waals surface area contributed by atoms with E-state index in [4.69, 9.17) is 0 Å². The molecule has 1 unspecified atom stereocenters. The molecule has 0 amide bonds. The summed E-state index contributed by atoms with van der Waals surface area (Å²) in [6.07, 6.45) is 3.94. The normalized spacial score (nSPS) is 16.8. The summed E-state index contributed by atoms with van der Waals surface area (Å²) in [5.74, 6) is 0.475. The highest BCUT2D eigenvalue weighted by Crippen LogP contribution is 2.28. The van der Waals surface area contributed by atoms with E-state index in [2.05, 4.69) is 47.3 Å². The van der Waals surface area contributed by atoms with E-state index in [-0.39, 0.29) is 11.6 Å². The molecule has 28 heavy (non-hydrogen) atoms. The highest BCUT2D eigenvalue weighted by atomic mass is 16.1. The lowest BCUT2D eigenvalue weighted by atomic mass is 9.90. The predicted molar refractivity (Wildman–Crippen MR) is 113 cm³/mol. The molecule has 1 aromatic heterocycles. The van der Waals surface area contributed by atoms with Crippen molar-refractivity contribution in [3.05, 3.63) is 88.8 Å². The third-order valence-corrected chi connectivity index (χ3v) is 5.90. The molecular formula is C24H27N3O. The number of nitrogens with zero attached hydrogens (tertiary/aromatic N) is 3. The minimum Gasteiger partial charge on any atom is -0.299 e. The number of aromatic nitrogens is 2. The van der Waals surface area contributed by atoms with Crippen LogP contribution in [0.5, 0.6) is 0 Å². The standard InChI is InChI=1S/C24H27N3O/c1-19(21-13-16-26(17-14-21)18-20-8-4-2-5-9-20)27-24(28)23(12-15-25-27)22-10-6-3-7-11-22/h2-12,15,19,21H,13-14,16-18H2,1H3. The van der Waals surface area contributed by atoms with Gasteiger partial charge in [0, 0.05) is 12.7 Å². The number of hydrogen-bond acceptors (Lipinski definition) is 3. The second-order valence-electron chi connectivity index (χ2n) is 7.70. The van der Waals surface area contributed by atoms with Gasteiger partial charge in [0.25, 0.3) is 5.56 Å². The molecule has 1 fully saturated rings. The maximum atomic E-state index is 13.0. The fourth-order valence-corrected chi connectivity index (χ4v) is 4.19. The van der Waals surface area contributed by atoms with Crippen LogP contribution in [0.1, 0.15) is 31.4 Å². The predicted octanol–water partition coefficient (Wildman–Crippen LogP) is 4.38. The molecule has 4 rings (SSSR count). The van der Waals surface area contributed by atoms with E-state index < -0.39 is 0 Å². The quantitative estimate of drug-likeness (QED) is 0.666. The molecule has 2 aromatic carbocycles. The zero-order chi connectivity index (χ0) is 19.3. The van der Waals surface area contributed by atoms with Crippen LogP contribution < -0.4 is 5.56 Å². The van der Waals surface area contributed by atoms with Crippen LogP contribution in [-0.2, 0) is 6.54 Å². The largest absolute Gasteiger partial charge is 0.299 e. The minimum atomic E-state index is 0.00733. The molecule has 0 saturated carbocycles. The van der Waals surface area contributed by atoms with Crippen molar-refractivity contribution in [1.29, 1.82) is 0 Å². The molecule has 1 aliphatic heterocycles. The summed E-state index contributed by atoms with van der Waals surface area (Å²) >= 11 is 0. The minimum absolute atomic E-state index is 0.00733. The maximum absolute atomic E-state index is 13.0. The summed E-state index contributed by atoms with van der Waals surface area (Å²) < 4.78 is 1.69. The number of rotatable bonds is 5. The highest BCUT2D eigenvalue weighted by Gasteiger charge is 2.26. The number of benzene rings is 2. The van der Waals surface area contributed by atoms with E-state index >= 15 is 0 Å². The van der Waals surface area contributed by atoms with Gasteiger partial charge in [0.05, 0.1) is 11.6 Å². The van der Waals surface area contributed by atoms with Crippen molar-refractivity contribution >= 4 is 0 Å². The van der Waals surface area contributed by atoms with Crippen LogP contribution in [0.2, 0.25) is 0 Å². The Morgan fingerprint density at radius 1 is 0.964 bits per heavy atom. The molecule has 2 heterocycles. The first-order valence-corrected chi connectivity index (χ1v) is 10.1. The van der Waals surface area contributed by atoms with E-state index in [0.717, 1.165) is 43.6 Å². The fourth-order valence-electron chi connectivity index (χ4n) is 4.19. The lowest BCUT2D eigenvalue weighted by molar-refractivity contribution is 0.142. The lowest BCUT2D eigenvalue weighted by Crippen LogP contribution is -2.38. The molecule has 0 bridgehead atoms. The third-order valence-electron chi connectivity index (χ3n) is 5.90. The molecule has 1 aliphatic rings. The Bertz CT molecular complexity index is 944. The van der Waals surface area contributed by atoms with Crippen molar-refractivity contribution in [3.63, 3.8) is 0 Å². The lowest BCUT2D eigenvalue weighted by Gasteiger charge is -2.35. The van der Waals surface area contributed by atoms with Gasteiger partial charge in [0.1, 0.15) is 0 Å². The summed E-state index contributed by atoms with van der Waals surface area (Å²) in [6, 6.07) is 22.4. The van der Waals surface area contributed by atoms with E-state index in [0.29, 0.717) is 5.92 Å². The topological polar surface area (TPSA) is 38.1 Å². The van der Waals surface area contributed by atoms with Crippen LogP contribution in [-0.4, -0.2) is 27.8 Å². The molecule has 0 N–H and O–H groups in total. The van der Waals surface area contributed by atoms with Gasteiger partial charge in [-0.2, -0.15) is 5.10 Å². The van der Waals surface area contributed by atoms with E-state index in [1.54, 1.807) is 10.9 Å². The highest BCUT2D eigenvalue weighted by molar-refractivity contribution is 5.61. The first-order valence-electron chi connectivity index (χ1n) is 10.1. The molecule has 4 heteroatoms. The van der Waals surface area contributed by atoms with Crippen LogP contribution in [0.4, 0.5) is 0 Å². The number of piperidine rings is 1. The zero-order valence-corrected chi connectivity index (χ0v) is 16.4. The third kappa shape index (κ3) is 4.07. The van der Waals surface area contributed by atoms with Crippen LogP contribution in [0, 0.1) is 5.92 Å². The second-order valence-corrected chi connectivity index (χ2v) is 7.70. The zero-order valence-electron chi connectivity index (χ0n) is 16.4. The van der Waals surface area contributed by atoms with Gasteiger partial charge in [0.15, 0.2) is 0 Å². The SMILES string of the molecule is CC(C1CCN(Cc2ccccc2)CC1)n1nccc(-c2ccccc2)c1=O. The number of likely N-dealkylation sites (tertiary alicyclic amines) is 1. The van der Waals surface area contributed by atoms with Crippen LogP contribution in [0.15, 0.2) is 77.7 Å². The van der Waals surface area contributed by atoms with Crippen molar-refractivity contribution in [2.75, 3.05) is 13.1 Å². The summed E-state index contributed by atoms with van der Waals surface area (Å²) in [5, 5.41) is 4.42. The van der Waals surface area contributed by atoms with E-state index in [9.17, 15) is 4.79 Å². The Morgan fingerprint density at radius 3 is 2.29 bits per heavy atom. The van der Waals surface area contributed by atoms with E-state index in [1.807, 2.05) is 36.4 Å². The van der Waals surface area contributed by atoms with Gasteiger partial charge in [-0.05, 0) is 56.0 Å². The Labute approximate surface area is 166 Å². The monoisotopic (exact) mass is 373 g/mol. The van der Waals surface area contributed by atoms with Gasteiger partial charge in [-0.25, -0.2) is 4.68 Å². The van der Waals surface area contributed by atoms with Gasteiger partial charge in [0.2, 0.25) is 0 Å². The van der Waals surface area contributed by atoms with Crippen molar-refractivity contribution in [2.24, 2.45) is 5.92 Å². The molecular weight excluding hydrogens is 346 g/mol. The molecule has 144 valence electrons. The average molecular weight is 374 g/mol. The van der Waals surface area contributed by atoms with Crippen LogP contribution in [0.25, 0.3) is 11.1 Å². The molecule has 4 nitrogen and oxygen atoms in total. The van der Waals surface area contributed by atoms with Gasteiger partial charge < -0.3 is 0 Å². The molecule has 1 atom stereocenters. The van der Waals surface area contributed by atoms with Gasteiger partial charge >= 0.3 is 0 Å². The van der Waals surface area contributed by atoms with Gasteiger partial charge in [-0.1, -0.05) is 60.7 Å². The van der Waals surface area contributed by atoms with Gasteiger partial charge in [-0.15, -0.1) is 0 Å². The van der Waals surface area contributed by atoms with Crippen molar-refractivity contribution in [1.82, 2.24) is 14.7 Å². The smallest absolute Gasteiger partial charge is 0.274 e. The Balaban J connectivity index is 1.44. The Kier molecular flexibility index (Phi) is 5.68. The summed E-state index contributed by atoms with van der Waals surface area (Å²) in [4.78, 5) is 15.6.